The van der Waals surface area contributed by atoms with Gasteiger partial charge < -0.3 is 15.4 Å². The van der Waals surface area contributed by atoms with E-state index in [-0.39, 0.29) is 23.8 Å². The van der Waals surface area contributed by atoms with E-state index in [1.165, 1.54) is 0 Å². The number of nitrogens with two attached hydrogens (primary N) is 1. The molecule has 0 aliphatic carbocycles. The van der Waals surface area contributed by atoms with E-state index in [1.807, 2.05) is 18.7 Å². The zero-order valence-corrected chi connectivity index (χ0v) is 11.6. The molecule has 98 valence electrons. The van der Waals surface area contributed by atoms with Crippen molar-refractivity contribution in [1.82, 2.24) is 4.90 Å². The van der Waals surface area contributed by atoms with Gasteiger partial charge in [-0.25, -0.2) is 0 Å². The summed E-state index contributed by atoms with van der Waals surface area (Å²) in [6.45, 7) is 7.87. The molecule has 1 saturated heterocycles. The van der Waals surface area contributed by atoms with Gasteiger partial charge in [0.1, 0.15) is 0 Å². The molecule has 1 rings (SSSR count). The van der Waals surface area contributed by atoms with Gasteiger partial charge in [-0.2, -0.15) is 0 Å². The Morgan fingerprint density at radius 2 is 2.24 bits per heavy atom. The Bertz CT molecular complexity index is 294. The van der Waals surface area contributed by atoms with Crippen LogP contribution in [0.5, 0.6) is 0 Å². The molecule has 0 spiro atoms. The van der Waals surface area contributed by atoms with Crippen molar-refractivity contribution < 1.29 is 9.53 Å². The fourth-order valence-corrected chi connectivity index (χ4v) is 2.57. The lowest BCUT2D eigenvalue weighted by atomic mass is 9.93. The number of thiocarbonyl (C=S) groups is 1. The first kappa shape index (κ1) is 14.4. The van der Waals surface area contributed by atoms with Gasteiger partial charge in [0.2, 0.25) is 5.91 Å². The molecule has 2 N–H and O–H groups in total. The van der Waals surface area contributed by atoms with Crippen LogP contribution in [0, 0.1) is 11.8 Å². The second-order valence-electron chi connectivity index (χ2n) is 4.79. The van der Waals surface area contributed by atoms with Crippen LogP contribution in [0.2, 0.25) is 0 Å². The van der Waals surface area contributed by atoms with Gasteiger partial charge in [-0.1, -0.05) is 33.0 Å². The molecule has 2 unspecified atom stereocenters. The smallest absolute Gasteiger partial charge is 0.233 e. The molecule has 1 fully saturated rings. The fourth-order valence-electron chi connectivity index (χ4n) is 2.20. The van der Waals surface area contributed by atoms with E-state index in [9.17, 15) is 4.79 Å². The number of rotatable bonds is 4. The Balaban J connectivity index is 2.81. The maximum Gasteiger partial charge on any atom is 0.233 e. The number of carbonyl (C=O) groups is 1. The quantitative estimate of drug-likeness (QED) is 0.769. The molecule has 0 aromatic rings. The molecular formula is C12H22N2O2S. The summed E-state index contributed by atoms with van der Waals surface area (Å²) in [5.74, 6) is -0.153. The molecule has 0 saturated carbocycles. The number of nitrogens with zero attached hydrogens (tertiary/aromatic N) is 1. The van der Waals surface area contributed by atoms with Crippen LogP contribution in [0.1, 0.15) is 27.2 Å². The molecule has 0 aromatic carbocycles. The normalized spacial score (nSPS) is 22.6. The Morgan fingerprint density at radius 1 is 1.59 bits per heavy atom. The zero-order chi connectivity index (χ0) is 13.0. The van der Waals surface area contributed by atoms with Crippen LogP contribution < -0.4 is 5.73 Å². The average molecular weight is 258 g/mol. The van der Waals surface area contributed by atoms with Crippen molar-refractivity contribution in [3.8, 4) is 0 Å². The minimum atomic E-state index is -0.350. The first-order valence-corrected chi connectivity index (χ1v) is 6.57. The highest BCUT2D eigenvalue weighted by Gasteiger charge is 2.34. The summed E-state index contributed by atoms with van der Waals surface area (Å²) in [7, 11) is 0. The second-order valence-corrected chi connectivity index (χ2v) is 5.26. The molecule has 0 aromatic heterocycles. The molecule has 4 nitrogen and oxygen atoms in total. The first-order valence-electron chi connectivity index (χ1n) is 6.16. The van der Waals surface area contributed by atoms with Crippen molar-refractivity contribution in [2.45, 2.75) is 33.2 Å². The molecule has 1 aliphatic heterocycles. The predicted molar refractivity (Wildman–Crippen MR) is 71.7 cm³/mol. The SMILES string of the molecule is CCC1COCCN1C(=O)C(C(N)=S)C(C)C. The third-order valence-corrected chi connectivity index (χ3v) is 3.48. The Kier molecular flexibility index (Phi) is 5.33. The van der Waals surface area contributed by atoms with E-state index < -0.39 is 0 Å². The summed E-state index contributed by atoms with van der Waals surface area (Å²) in [6.07, 6.45) is 0.897. The van der Waals surface area contributed by atoms with Crippen LogP contribution >= 0.6 is 12.2 Å². The van der Waals surface area contributed by atoms with Crippen molar-refractivity contribution in [2.24, 2.45) is 17.6 Å². The van der Waals surface area contributed by atoms with E-state index in [2.05, 4.69) is 6.92 Å². The minimum absolute atomic E-state index is 0.0580. The summed E-state index contributed by atoms with van der Waals surface area (Å²) in [5, 5.41) is 0. The van der Waals surface area contributed by atoms with Gasteiger partial charge in [0, 0.05) is 6.54 Å². The number of amides is 1. The van der Waals surface area contributed by atoms with Crippen LogP contribution in [-0.4, -0.2) is 41.6 Å². The Morgan fingerprint density at radius 3 is 2.71 bits per heavy atom. The van der Waals surface area contributed by atoms with Gasteiger partial charge >= 0.3 is 0 Å². The second kappa shape index (κ2) is 6.31. The van der Waals surface area contributed by atoms with Gasteiger partial charge in [0.05, 0.1) is 30.2 Å². The fraction of sp³-hybridized carbons (Fsp3) is 0.833. The van der Waals surface area contributed by atoms with E-state index in [1.54, 1.807) is 0 Å². The summed E-state index contributed by atoms with van der Waals surface area (Å²) < 4.78 is 5.40. The van der Waals surface area contributed by atoms with Crippen molar-refractivity contribution in [2.75, 3.05) is 19.8 Å². The van der Waals surface area contributed by atoms with Crippen LogP contribution in [0.25, 0.3) is 0 Å². The van der Waals surface area contributed by atoms with E-state index in [4.69, 9.17) is 22.7 Å². The van der Waals surface area contributed by atoms with Crippen molar-refractivity contribution in [3.05, 3.63) is 0 Å². The number of morpholine rings is 1. The van der Waals surface area contributed by atoms with Gasteiger partial charge in [-0.15, -0.1) is 0 Å². The minimum Gasteiger partial charge on any atom is -0.393 e. The summed E-state index contributed by atoms with van der Waals surface area (Å²) in [4.78, 5) is 14.6. The van der Waals surface area contributed by atoms with Crippen molar-refractivity contribution >= 4 is 23.1 Å². The van der Waals surface area contributed by atoms with Gasteiger partial charge in [0.25, 0.3) is 0 Å². The number of hydrogen-bond acceptors (Lipinski definition) is 3. The molecule has 1 heterocycles. The monoisotopic (exact) mass is 258 g/mol. The molecule has 1 aliphatic rings. The highest BCUT2D eigenvalue weighted by atomic mass is 32.1. The maximum absolute atomic E-state index is 12.5. The molecule has 2 atom stereocenters. The Labute approximate surface area is 108 Å². The highest BCUT2D eigenvalue weighted by molar-refractivity contribution is 7.80. The Hall–Kier alpha value is -0.680. The van der Waals surface area contributed by atoms with Gasteiger partial charge in [0.15, 0.2) is 0 Å². The van der Waals surface area contributed by atoms with E-state index in [0.717, 1.165) is 6.42 Å². The predicted octanol–water partition coefficient (Wildman–Crippen LogP) is 1.18. The van der Waals surface area contributed by atoms with Crippen LogP contribution in [0.3, 0.4) is 0 Å². The van der Waals surface area contributed by atoms with Gasteiger partial charge in [-0.3, -0.25) is 4.79 Å². The average Bonchev–Trinajstić information content (AvgIpc) is 2.27. The molecule has 0 bridgehead atoms. The third-order valence-electron chi connectivity index (χ3n) is 3.22. The van der Waals surface area contributed by atoms with E-state index >= 15 is 0 Å². The topological polar surface area (TPSA) is 55.6 Å². The van der Waals surface area contributed by atoms with E-state index in [0.29, 0.717) is 24.7 Å². The standard InChI is InChI=1S/C12H22N2O2S/c1-4-9-7-16-6-5-14(9)12(15)10(8(2)3)11(13)17/h8-10H,4-7H2,1-3H3,(H2,13,17). The summed E-state index contributed by atoms with van der Waals surface area (Å²) >= 11 is 5.01. The summed E-state index contributed by atoms with van der Waals surface area (Å²) in [6, 6.07) is 0.159. The lowest BCUT2D eigenvalue weighted by Crippen LogP contribution is -2.53. The molecule has 17 heavy (non-hydrogen) atoms. The molecule has 1 amide bonds. The van der Waals surface area contributed by atoms with Crippen LogP contribution in [0.4, 0.5) is 0 Å². The van der Waals surface area contributed by atoms with Gasteiger partial charge in [-0.05, 0) is 12.3 Å². The zero-order valence-electron chi connectivity index (χ0n) is 10.8. The van der Waals surface area contributed by atoms with Crippen molar-refractivity contribution in [1.29, 1.82) is 0 Å². The molecule has 0 radical (unpaired) electrons. The lowest BCUT2D eigenvalue weighted by Gasteiger charge is -2.37. The van der Waals surface area contributed by atoms with Crippen molar-refractivity contribution in [3.63, 3.8) is 0 Å². The molecule has 5 heteroatoms. The third kappa shape index (κ3) is 3.39. The van der Waals surface area contributed by atoms with Crippen LogP contribution in [-0.2, 0) is 9.53 Å². The maximum atomic E-state index is 12.5. The largest absolute Gasteiger partial charge is 0.393 e. The number of carbonyl (C=O) groups excluding carboxylic acids is 1. The number of hydrogen-bond donors (Lipinski definition) is 1. The first-order chi connectivity index (χ1) is 7.99. The number of ether oxygens (including phenoxy) is 1. The lowest BCUT2D eigenvalue weighted by molar-refractivity contribution is -0.143. The molecular weight excluding hydrogens is 236 g/mol. The summed E-state index contributed by atoms with van der Waals surface area (Å²) in [5.41, 5.74) is 5.68. The van der Waals surface area contributed by atoms with Crippen LogP contribution in [0.15, 0.2) is 0 Å². The highest BCUT2D eigenvalue weighted by Crippen LogP contribution is 2.19.